The Morgan fingerprint density at radius 2 is 2.07 bits per heavy atom. The van der Waals surface area contributed by atoms with Crippen molar-refractivity contribution in [1.29, 1.82) is 0 Å². The van der Waals surface area contributed by atoms with E-state index in [0.717, 1.165) is 12.3 Å². The predicted molar refractivity (Wildman–Crippen MR) is 56.6 cm³/mol. The Labute approximate surface area is 92.9 Å². The van der Waals surface area contributed by atoms with Gasteiger partial charge in [-0.15, -0.1) is 11.8 Å². The van der Waals surface area contributed by atoms with Crippen LogP contribution in [0.3, 0.4) is 0 Å². The number of carbonyl (C=O) groups is 2. The van der Waals surface area contributed by atoms with E-state index in [1.807, 2.05) is 0 Å². The summed E-state index contributed by atoms with van der Waals surface area (Å²) in [6, 6.07) is 0. The zero-order valence-corrected chi connectivity index (χ0v) is 9.85. The Bertz CT molecular complexity index is 255. The fraction of sp³-hybridized carbons (Fsp3) is 0.778. The summed E-state index contributed by atoms with van der Waals surface area (Å²) in [5.74, 6) is 0.250. The third-order valence-electron chi connectivity index (χ3n) is 1.50. The number of hydrogen-bond acceptors (Lipinski definition) is 6. The molecular weight excluding hydrogens is 218 g/mol. The predicted octanol–water partition coefficient (Wildman–Crippen LogP) is 1.13. The molecule has 0 spiro atoms. The smallest absolute Gasteiger partial charge is 0.428 e. The highest BCUT2D eigenvalue weighted by Gasteiger charge is 2.28. The molecule has 0 saturated carbocycles. The van der Waals surface area contributed by atoms with Gasteiger partial charge >= 0.3 is 12.1 Å². The molecule has 1 atom stereocenters. The van der Waals surface area contributed by atoms with Gasteiger partial charge in [0.05, 0.1) is 0 Å². The fourth-order valence-electron chi connectivity index (χ4n) is 0.984. The number of thioether (sulfide) groups is 1. The average Bonchev–Trinajstić information content (AvgIpc) is 2.50. The van der Waals surface area contributed by atoms with Gasteiger partial charge in [-0.2, -0.15) is 0 Å². The van der Waals surface area contributed by atoms with Crippen molar-refractivity contribution in [3.8, 4) is 0 Å². The van der Waals surface area contributed by atoms with Crippen LogP contribution < -0.4 is 5.32 Å². The summed E-state index contributed by atoms with van der Waals surface area (Å²) in [5, 5.41) is 2.46. The van der Waals surface area contributed by atoms with Crippen LogP contribution in [-0.4, -0.2) is 35.4 Å². The molecule has 1 aliphatic rings. The SMILES string of the molecule is CC(C)(C)OC(=O)OC(=O)C1NCCS1. The highest BCUT2D eigenvalue weighted by atomic mass is 32.2. The molecule has 1 unspecified atom stereocenters. The molecule has 0 amide bonds. The molecule has 6 heteroatoms. The van der Waals surface area contributed by atoms with E-state index < -0.39 is 23.1 Å². The van der Waals surface area contributed by atoms with Gasteiger partial charge in [-0.05, 0) is 20.8 Å². The largest absolute Gasteiger partial charge is 0.516 e. The molecule has 0 radical (unpaired) electrons. The molecule has 0 aliphatic carbocycles. The van der Waals surface area contributed by atoms with E-state index in [-0.39, 0.29) is 0 Å². The van der Waals surface area contributed by atoms with Crippen LogP contribution in [0.4, 0.5) is 4.79 Å². The first kappa shape index (κ1) is 12.3. The summed E-state index contributed by atoms with van der Waals surface area (Å²) in [5.41, 5.74) is -0.645. The van der Waals surface area contributed by atoms with E-state index >= 15 is 0 Å². The van der Waals surface area contributed by atoms with Gasteiger partial charge in [0.1, 0.15) is 5.60 Å². The highest BCUT2D eigenvalue weighted by molar-refractivity contribution is 8.00. The summed E-state index contributed by atoms with van der Waals surface area (Å²) in [7, 11) is 0. The highest BCUT2D eigenvalue weighted by Crippen LogP contribution is 2.16. The molecule has 1 rings (SSSR count). The minimum Gasteiger partial charge on any atom is -0.428 e. The number of hydrogen-bond donors (Lipinski definition) is 1. The van der Waals surface area contributed by atoms with Crippen LogP contribution in [0.1, 0.15) is 20.8 Å². The summed E-state index contributed by atoms with van der Waals surface area (Å²) in [4.78, 5) is 22.5. The summed E-state index contributed by atoms with van der Waals surface area (Å²) >= 11 is 1.42. The second-order valence-electron chi connectivity index (χ2n) is 4.09. The minimum absolute atomic E-state index is 0.447. The first-order valence-electron chi connectivity index (χ1n) is 4.68. The van der Waals surface area contributed by atoms with Crippen LogP contribution in [0.5, 0.6) is 0 Å². The number of carbonyl (C=O) groups excluding carboxylic acids is 2. The lowest BCUT2D eigenvalue weighted by Crippen LogP contribution is -2.34. The molecule has 15 heavy (non-hydrogen) atoms. The van der Waals surface area contributed by atoms with Gasteiger partial charge in [-0.25, -0.2) is 9.59 Å². The summed E-state index contributed by atoms with van der Waals surface area (Å²) in [6.07, 6.45) is -0.943. The molecule has 1 fully saturated rings. The van der Waals surface area contributed by atoms with Crippen molar-refractivity contribution in [3.63, 3.8) is 0 Å². The maximum atomic E-state index is 11.3. The topological polar surface area (TPSA) is 64.6 Å². The van der Waals surface area contributed by atoms with Crippen molar-refractivity contribution in [2.45, 2.75) is 31.7 Å². The molecular formula is C9H15NO4S. The van der Waals surface area contributed by atoms with Gasteiger partial charge in [0.25, 0.3) is 0 Å². The number of esters is 1. The Morgan fingerprint density at radius 1 is 1.40 bits per heavy atom. The Kier molecular flexibility index (Phi) is 3.98. The van der Waals surface area contributed by atoms with Crippen LogP contribution in [-0.2, 0) is 14.3 Å². The maximum Gasteiger partial charge on any atom is 0.516 e. The molecule has 0 bridgehead atoms. The molecule has 0 aromatic carbocycles. The van der Waals surface area contributed by atoms with Crippen molar-refractivity contribution < 1.29 is 19.1 Å². The van der Waals surface area contributed by atoms with Gasteiger partial charge in [-0.1, -0.05) is 0 Å². The molecule has 1 heterocycles. The second kappa shape index (κ2) is 4.85. The zero-order valence-electron chi connectivity index (χ0n) is 9.03. The van der Waals surface area contributed by atoms with Crippen LogP contribution in [0.15, 0.2) is 0 Å². The Balaban J connectivity index is 2.34. The van der Waals surface area contributed by atoms with E-state index in [4.69, 9.17) is 4.74 Å². The molecule has 0 aromatic rings. The number of nitrogens with one attached hydrogen (secondary N) is 1. The molecule has 1 aliphatic heterocycles. The lowest BCUT2D eigenvalue weighted by Gasteiger charge is -2.18. The standard InChI is InChI=1S/C9H15NO4S/c1-9(2,3)14-8(12)13-7(11)6-10-4-5-15-6/h6,10H,4-5H2,1-3H3. The van der Waals surface area contributed by atoms with E-state index in [0.29, 0.717) is 0 Å². The fourth-order valence-corrected chi connectivity index (χ4v) is 1.87. The van der Waals surface area contributed by atoms with Crippen LogP contribution in [0.25, 0.3) is 0 Å². The van der Waals surface area contributed by atoms with E-state index in [1.54, 1.807) is 20.8 Å². The molecule has 1 saturated heterocycles. The van der Waals surface area contributed by atoms with Crippen LogP contribution in [0.2, 0.25) is 0 Å². The third-order valence-corrected chi connectivity index (χ3v) is 2.64. The van der Waals surface area contributed by atoms with Crippen molar-refractivity contribution >= 4 is 23.9 Å². The second-order valence-corrected chi connectivity index (χ2v) is 5.30. The number of ether oxygens (including phenoxy) is 2. The lowest BCUT2D eigenvalue weighted by molar-refractivity contribution is -0.141. The molecule has 86 valence electrons. The molecule has 5 nitrogen and oxygen atoms in total. The quantitative estimate of drug-likeness (QED) is 0.541. The normalized spacial score (nSPS) is 21.1. The first-order valence-corrected chi connectivity index (χ1v) is 5.73. The van der Waals surface area contributed by atoms with Gasteiger partial charge in [-0.3, -0.25) is 5.32 Å². The lowest BCUT2D eigenvalue weighted by atomic mass is 10.2. The maximum absolute atomic E-state index is 11.3. The van der Waals surface area contributed by atoms with E-state index in [9.17, 15) is 9.59 Å². The zero-order chi connectivity index (χ0) is 11.5. The van der Waals surface area contributed by atoms with Gasteiger partial charge in [0, 0.05) is 12.3 Å². The van der Waals surface area contributed by atoms with Gasteiger partial charge < -0.3 is 9.47 Å². The van der Waals surface area contributed by atoms with Crippen LogP contribution in [0, 0.1) is 0 Å². The summed E-state index contributed by atoms with van der Waals surface area (Å²) < 4.78 is 9.38. The minimum atomic E-state index is -0.943. The number of rotatable bonds is 1. The van der Waals surface area contributed by atoms with Gasteiger partial charge in [0.15, 0.2) is 5.37 Å². The summed E-state index contributed by atoms with van der Waals surface area (Å²) in [6.45, 7) is 5.88. The monoisotopic (exact) mass is 233 g/mol. The van der Waals surface area contributed by atoms with E-state index in [2.05, 4.69) is 10.1 Å². The average molecular weight is 233 g/mol. The third kappa shape index (κ3) is 4.53. The van der Waals surface area contributed by atoms with Crippen molar-refractivity contribution in [2.75, 3.05) is 12.3 Å². The van der Waals surface area contributed by atoms with E-state index in [1.165, 1.54) is 11.8 Å². The van der Waals surface area contributed by atoms with Crippen molar-refractivity contribution in [2.24, 2.45) is 0 Å². The van der Waals surface area contributed by atoms with Crippen molar-refractivity contribution in [1.82, 2.24) is 5.32 Å². The Morgan fingerprint density at radius 3 is 2.53 bits per heavy atom. The Hall–Kier alpha value is -0.750. The first-order chi connectivity index (χ1) is 6.88. The van der Waals surface area contributed by atoms with Gasteiger partial charge in [0.2, 0.25) is 0 Å². The molecule has 0 aromatic heterocycles. The van der Waals surface area contributed by atoms with Crippen LogP contribution >= 0.6 is 11.8 Å². The molecule has 1 N–H and O–H groups in total. The van der Waals surface area contributed by atoms with Crippen molar-refractivity contribution in [3.05, 3.63) is 0 Å².